The van der Waals surface area contributed by atoms with Gasteiger partial charge in [-0.2, -0.15) is 5.10 Å². The van der Waals surface area contributed by atoms with Crippen molar-refractivity contribution in [2.45, 2.75) is 6.61 Å². The van der Waals surface area contributed by atoms with Gasteiger partial charge in [-0.3, -0.25) is 4.79 Å². The number of carbonyl (C=O) groups is 1. The molecular weight excluding hydrogens is 436 g/mol. The summed E-state index contributed by atoms with van der Waals surface area (Å²) in [7, 11) is 1.60. The first-order valence-electron chi connectivity index (χ1n) is 11.3. The molecule has 5 rings (SSSR count). The van der Waals surface area contributed by atoms with E-state index in [2.05, 4.69) is 34.8 Å². The monoisotopic (exact) mass is 460 g/mol. The third kappa shape index (κ3) is 4.99. The highest BCUT2D eigenvalue weighted by Crippen LogP contribution is 2.29. The fourth-order valence-corrected chi connectivity index (χ4v) is 4.02. The number of hydrogen-bond acceptors (Lipinski definition) is 4. The number of hydrazone groups is 1. The van der Waals surface area contributed by atoms with Crippen LogP contribution in [-0.4, -0.2) is 19.2 Å². The molecule has 1 amide bonds. The molecule has 35 heavy (non-hydrogen) atoms. The number of carbonyl (C=O) groups excluding carboxylic acids is 1. The van der Waals surface area contributed by atoms with Gasteiger partial charge in [0.2, 0.25) is 0 Å². The molecule has 0 fully saturated rings. The molecule has 0 radical (unpaired) electrons. The van der Waals surface area contributed by atoms with Crippen LogP contribution < -0.4 is 14.9 Å². The Kier molecular flexibility index (Phi) is 6.39. The Balaban J connectivity index is 1.25. The van der Waals surface area contributed by atoms with Gasteiger partial charge in [-0.05, 0) is 63.0 Å². The summed E-state index contributed by atoms with van der Waals surface area (Å²) < 4.78 is 11.6. The molecule has 5 aromatic carbocycles. The van der Waals surface area contributed by atoms with Crippen LogP contribution in [0, 0.1) is 0 Å². The molecular formula is C30H24N2O3. The minimum atomic E-state index is -0.269. The number of fused-ring (bicyclic) bond motifs is 2. The normalized spacial score (nSPS) is 11.1. The molecule has 5 nitrogen and oxygen atoms in total. The van der Waals surface area contributed by atoms with Crippen LogP contribution in [0.15, 0.2) is 108 Å². The lowest BCUT2D eigenvalue weighted by atomic mass is 10.1. The third-order valence-corrected chi connectivity index (χ3v) is 5.84. The molecule has 0 saturated carbocycles. The van der Waals surface area contributed by atoms with Crippen LogP contribution in [0.4, 0.5) is 0 Å². The van der Waals surface area contributed by atoms with Gasteiger partial charge in [-0.25, -0.2) is 5.43 Å². The zero-order chi connectivity index (χ0) is 24.0. The van der Waals surface area contributed by atoms with Crippen LogP contribution in [0.25, 0.3) is 21.5 Å². The summed E-state index contributed by atoms with van der Waals surface area (Å²) in [6.07, 6.45) is 1.58. The molecule has 0 unspecified atom stereocenters. The second-order valence-electron chi connectivity index (χ2n) is 8.10. The smallest absolute Gasteiger partial charge is 0.271 e. The summed E-state index contributed by atoms with van der Waals surface area (Å²) in [5, 5.41) is 8.55. The summed E-state index contributed by atoms with van der Waals surface area (Å²) in [5.41, 5.74) is 5.02. The molecule has 0 aliphatic heterocycles. The Morgan fingerprint density at radius 2 is 1.57 bits per heavy atom. The Morgan fingerprint density at radius 3 is 2.43 bits per heavy atom. The molecule has 0 aliphatic rings. The van der Waals surface area contributed by atoms with E-state index in [0.717, 1.165) is 21.9 Å². The highest BCUT2D eigenvalue weighted by molar-refractivity contribution is 5.99. The molecule has 0 saturated heterocycles. The number of hydrogen-bond donors (Lipinski definition) is 1. The second-order valence-corrected chi connectivity index (χ2v) is 8.10. The molecule has 172 valence electrons. The van der Waals surface area contributed by atoms with Crippen molar-refractivity contribution in [3.8, 4) is 11.5 Å². The van der Waals surface area contributed by atoms with Crippen molar-refractivity contribution in [3.63, 3.8) is 0 Å². The van der Waals surface area contributed by atoms with E-state index < -0.39 is 0 Å². The van der Waals surface area contributed by atoms with Crippen LogP contribution in [0.1, 0.15) is 21.5 Å². The van der Waals surface area contributed by atoms with Gasteiger partial charge in [-0.15, -0.1) is 0 Å². The zero-order valence-electron chi connectivity index (χ0n) is 19.3. The lowest BCUT2D eigenvalue weighted by Crippen LogP contribution is -2.17. The van der Waals surface area contributed by atoms with Crippen molar-refractivity contribution in [2.24, 2.45) is 5.10 Å². The Hall–Kier alpha value is -4.64. The first-order chi connectivity index (χ1) is 17.2. The van der Waals surface area contributed by atoms with Crippen molar-refractivity contribution < 1.29 is 14.3 Å². The Labute approximate surface area is 203 Å². The maximum absolute atomic E-state index is 12.5. The summed E-state index contributed by atoms with van der Waals surface area (Å²) in [6, 6.07) is 33.4. The summed E-state index contributed by atoms with van der Waals surface area (Å²) in [4.78, 5) is 12.5. The van der Waals surface area contributed by atoms with Crippen molar-refractivity contribution in [1.82, 2.24) is 5.43 Å². The molecule has 0 aromatic heterocycles. The summed E-state index contributed by atoms with van der Waals surface area (Å²) in [6.45, 7) is 0.424. The average molecular weight is 461 g/mol. The van der Waals surface area contributed by atoms with Gasteiger partial charge in [0, 0.05) is 5.56 Å². The van der Waals surface area contributed by atoms with Gasteiger partial charge in [0.15, 0.2) is 11.5 Å². The van der Waals surface area contributed by atoms with Crippen molar-refractivity contribution in [1.29, 1.82) is 0 Å². The van der Waals surface area contributed by atoms with E-state index in [4.69, 9.17) is 9.47 Å². The van der Waals surface area contributed by atoms with Gasteiger partial charge in [-0.1, -0.05) is 72.8 Å². The zero-order valence-corrected chi connectivity index (χ0v) is 19.3. The number of rotatable bonds is 7. The first kappa shape index (κ1) is 22.2. The number of nitrogens with one attached hydrogen (secondary N) is 1. The average Bonchev–Trinajstić information content (AvgIpc) is 2.91. The summed E-state index contributed by atoms with van der Waals surface area (Å²) in [5.74, 6) is 0.960. The molecule has 0 aliphatic carbocycles. The highest BCUT2D eigenvalue weighted by atomic mass is 16.5. The van der Waals surface area contributed by atoms with Crippen molar-refractivity contribution in [2.75, 3.05) is 7.11 Å². The number of ether oxygens (including phenoxy) is 2. The molecule has 5 heteroatoms. The molecule has 0 spiro atoms. The second kappa shape index (κ2) is 10.1. The van der Waals surface area contributed by atoms with E-state index in [0.29, 0.717) is 23.7 Å². The van der Waals surface area contributed by atoms with Crippen LogP contribution in [0.5, 0.6) is 11.5 Å². The lowest BCUT2D eigenvalue weighted by molar-refractivity contribution is 0.0955. The lowest BCUT2D eigenvalue weighted by Gasteiger charge is -2.12. The van der Waals surface area contributed by atoms with Gasteiger partial charge >= 0.3 is 0 Å². The SMILES string of the molecule is COc1cc(/C=N\NC(=O)c2ccc3ccccc3c2)ccc1OCc1cccc2ccccc12. The fraction of sp³-hybridized carbons (Fsp3) is 0.0667. The van der Waals surface area contributed by atoms with Crippen molar-refractivity contribution >= 4 is 33.7 Å². The minimum Gasteiger partial charge on any atom is -0.493 e. The molecule has 0 bridgehead atoms. The summed E-state index contributed by atoms with van der Waals surface area (Å²) >= 11 is 0. The maximum atomic E-state index is 12.5. The van der Waals surface area contributed by atoms with Gasteiger partial charge in [0.05, 0.1) is 13.3 Å². The van der Waals surface area contributed by atoms with Gasteiger partial charge < -0.3 is 9.47 Å². The number of nitrogens with zero attached hydrogens (tertiary/aromatic N) is 1. The topological polar surface area (TPSA) is 59.9 Å². The van der Waals surface area contributed by atoms with E-state index in [1.807, 2.05) is 72.8 Å². The quantitative estimate of drug-likeness (QED) is 0.228. The van der Waals surface area contributed by atoms with E-state index in [1.54, 1.807) is 19.4 Å². The first-order valence-corrected chi connectivity index (χ1v) is 11.3. The van der Waals surface area contributed by atoms with E-state index in [9.17, 15) is 4.79 Å². The molecule has 5 aromatic rings. The predicted octanol–water partition coefficient (Wildman–Crippen LogP) is 6.34. The number of methoxy groups -OCH3 is 1. The van der Waals surface area contributed by atoms with E-state index in [-0.39, 0.29) is 5.91 Å². The molecule has 0 heterocycles. The van der Waals surface area contributed by atoms with E-state index >= 15 is 0 Å². The molecule has 0 atom stereocenters. The number of benzene rings is 5. The third-order valence-electron chi connectivity index (χ3n) is 5.84. The standard InChI is InChI=1S/C30H24N2O3/c1-34-29-17-21(19-31-32-30(33)25-15-14-22-7-2-3-9-24(22)18-25)13-16-28(29)35-20-26-11-6-10-23-8-4-5-12-27(23)26/h2-19H,20H2,1H3,(H,32,33)/b31-19-. The van der Waals surface area contributed by atoms with Crippen LogP contribution in [-0.2, 0) is 6.61 Å². The van der Waals surface area contributed by atoms with Gasteiger partial charge in [0.25, 0.3) is 5.91 Å². The van der Waals surface area contributed by atoms with Crippen LogP contribution >= 0.6 is 0 Å². The van der Waals surface area contributed by atoms with Gasteiger partial charge in [0.1, 0.15) is 6.61 Å². The van der Waals surface area contributed by atoms with E-state index in [1.165, 1.54) is 10.8 Å². The Morgan fingerprint density at radius 1 is 0.800 bits per heavy atom. The molecule has 1 N–H and O–H groups in total. The highest BCUT2D eigenvalue weighted by Gasteiger charge is 2.08. The van der Waals surface area contributed by atoms with Crippen LogP contribution in [0.2, 0.25) is 0 Å². The minimum absolute atomic E-state index is 0.269. The number of amides is 1. The maximum Gasteiger partial charge on any atom is 0.271 e. The Bertz CT molecular complexity index is 1540. The van der Waals surface area contributed by atoms with Crippen LogP contribution in [0.3, 0.4) is 0 Å². The predicted molar refractivity (Wildman–Crippen MR) is 140 cm³/mol. The fourth-order valence-electron chi connectivity index (χ4n) is 4.02. The van der Waals surface area contributed by atoms with Crippen molar-refractivity contribution in [3.05, 3.63) is 120 Å². The largest absolute Gasteiger partial charge is 0.493 e.